The quantitative estimate of drug-likeness (QED) is 0.833. The highest BCUT2D eigenvalue weighted by molar-refractivity contribution is 7.92. The van der Waals surface area contributed by atoms with Crippen LogP contribution >= 0.6 is 0 Å². The molecule has 2 rings (SSSR count). The van der Waals surface area contributed by atoms with Crippen molar-refractivity contribution in [1.82, 2.24) is 10.6 Å². The maximum atomic E-state index is 11.9. The molecule has 1 aliphatic rings. The number of carbonyl (C=O) groups excluding carboxylic acids is 1. The predicted octanol–water partition coefficient (Wildman–Crippen LogP) is 2.08. The molecule has 7 heteroatoms. The lowest BCUT2D eigenvalue weighted by Gasteiger charge is -2.24. The number of nitrogens with one attached hydrogen (secondary N) is 2. The molecule has 0 spiro atoms. The van der Waals surface area contributed by atoms with Crippen LogP contribution in [0, 0.1) is 0 Å². The molecule has 23 heavy (non-hydrogen) atoms. The minimum absolute atomic E-state index is 0.209. The molecule has 1 aromatic rings. The molecule has 6 nitrogen and oxygen atoms in total. The van der Waals surface area contributed by atoms with Gasteiger partial charge in [-0.15, -0.1) is 0 Å². The fourth-order valence-corrected chi connectivity index (χ4v) is 3.76. The molecule has 1 fully saturated rings. The number of hydrogen-bond donors (Lipinski definition) is 2. The smallest absolute Gasteiger partial charge is 0.315 e. The van der Waals surface area contributed by atoms with Crippen LogP contribution in [0.3, 0.4) is 0 Å². The van der Waals surface area contributed by atoms with Crippen molar-refractivity contribution in [1.29, 1.82) is 0 Å². The Morgan fingerprint density at radius 3 is 2.43 bits per heavy atom. The number of nitrogens with zero attached hydrogens (tertiary/aromatic N) is 1. The van der Waals surface area contributed by atoms with Gasteiger partial charge in [0.1, 0.15) is 0 Å². The zero-order chi connectivity index (χ0) is 16.7. The SMILES string of the molecule is CS(=O)(=O)N(CCNC(=O)NC1CCCCC1)c1ccccc1. The van der Waals surface area contributed by atoms with E-state index in [0.717, 1.165) is 25.7 Å². The summed E-state index contributed by atoms with van der Waals surface area (Å²) >= 11 is 0. The minimum atomic E-state index is -3.38. The van der Waals surface area contributed by atoms with E-state index in [1.54, 1.807) is 24.3 Å². The van der Waals surface area contributed by atoms with Gasteiger partial charge in [0, 0.05) is 12.6 Å². The Labute approximate surface area is 138 Å². The third-order valence-electron chi connectivity index (χ3n) is 3.99. The lowest BCUT2D eigenvalue weighted by atomic mass is 9.96. The predicted molar refractivity (Wildman–Crippen MR) is 92.0 cm³/mol. The van der Waals surface area contributed by atoms with Crippen LogP contribution in [0.25, 0.3) is 0 Å². The molecule has 1 aliphatic carbocycles. The topological polar surface area (TPSA) is 78.5 Å². The molecule has 0 atom stereocenters. The summed E-state index contributed by atoms with van der Waals surface area (Å²) in [6, 6.07) is 8.90. The van der Waals surface area contributed by atoms with Gasteiger partial charge >= 0.3 is 6.03 Å². The monoisotopic (exact) mass is 339 g/mol. The van der Waals surface area contributed by atoms with Gasteiger partial charge in [-0.05, 0) is 25.0 Å². The van der Waals surface area contributed by atoms with Crippen LogP contribution in [-0.2, 0) is 10.0 Å². The number of amides is 2. The molecule has 0 bridgehead atoms. The van der Waals surface area contributed by atoms with Crippen molar-refractivity contribution < 1.29 is 13.2 Å². The lowest BCUT2D eigenvalue weighted by molar-refractivity contribution is 0.233. The van der Waals surface area contributed by atoms with Gasteiger partial charge in [-0.3, -0.25) is 4.31 Å². The van der Waals surface area contributed by atoms with Gasteiger partial charge < -0.3 is 10.6 Å². The molecular weight excluding hydrogens is 314 g/mol. The summed E-state index contributed by atoms with van der Waals surface area (Å²) in [5.74, 6) is 0. The fraction of sp³-hybridized carbons (Fsp3) is 0.562. The first-order valence-electron chi connectivity index (χ1n) is 8.04. The average Bonchev–Trinajstić information content (AvgIpc) is 2.52. The van der Waals surface area contributed by atoms with Crippen molar-refractivity contribution in [2.75, 3.05) is 23.7 Å². The number of benzene rings is 1. The summed E-state index contributed by atoms with van der Waals surface area (Å²) < 4.78 is 25.1. The minimum Gasteiger partial charge on any atom is -0.336 e. The summed E-state index contributed by atoms with van der Waals surface area (Å²) in [6.45, 7) is 0.474. The molecule has 0 aliphatic heterocycles. The van der Waals surface area contributed by atoms with E-state index in [0.29, 0.717) is 5.69 Å². The van der Waals surface area contributed by atoms with Gasteiger partial charge in [-0.1, -0.05) is 37.5 Å². The summed E-state index contributed by atoms with van der Waals surface area (Å²) in [4.78, 5) is 11.9. The average molecular weight is 339 g/mol. The zero-order valence-corrected chi connectivity index (χ0v) is 14.3. The third kappa shape index (κ3) is 5.74. The number of carbonyl (C=O) groups is 1. The van der Waals surface area contributed by atoms with Gasteiger partial charge in [0.05, 0.1) is 18.5 Å². The van der Waals surface area contributed by atoms with Crippen LogP contribution in [-0.4, -0.2) is 39.8 Å². The van der Waals surface area contributed by atoms with Gasteiger partial charge in [0.2, 0.25) is 10.0 Å². The van der Waals surface area contributed by atoms with Gasteiger partial charge in [0.15, 0.2) is 0 Å². The fourth-order valence-electron chi connectivity index (χ4n) is 2.83. The first kappa shape index (κ1) is 17.6. The first-order valence-corrected chi connectivity index (χ1v) is 9.89. The number of anilines is 1. The molecule has 1 saturated carbocycles. The highest BCUT2D eigenvalue weighted by Crippen LogP contribution is 2.17. The Morgan fingerprint density at radius 2 is 1.83 bits per heavy atom. The van der Waals surface area contributed by atoms with Crippen molar-refractivity contribution in [3.05, 3.63) is 30.3 Å². The van der Waals surface area contributed by atoms with Crippen LogP contribution in [0.15, 0.2) is 30.3 Å². The Morgan fingerprint density at radius 1 is 1.17 bits per heavy atom. The number of para-hydroxylation sites is 1. The second kappa shape index (κ2) is 8.19. The number of rotatable bonds is 6. The molecule has 0 unspecified atom stereocenters. The molecule has 2 amide bonds. The van der Waals surface area contributed by atoms with Gasteiger partial charge in [0.25, 0.3) is 0 Å². The van der Waals surface area contributed by atoms with Crippen molar-refractivity contribution in [3.63, 3.8) is 0 Å². The second-order valence-electron chi connectivity index (χ2n) is 5.91. The van der Waals surface area contributed by atoms with E-state index < -0.39 is 10.0 Å². The Kier molecular flexibility index (Phi) is 6.27. The van der Waals surface area contributed by atoms with Crippen LogP contribution in [0.2, 0.25) is 0 Å². The van der Waals surface area contributed by atoms with E-state index >= 15 is 0 Å². The maximum absolute atomic E-state index is 11.9. The summed E-state index contributed by atoms with van der Waals surface area (Å²) in [7, 11) is -3.38. The van der Waals surface area contributed by atoms with E-state index in [2.05, 4.69) is 10.6 Å². The molecule has 0 radical (unpaired) electrons. The molecule has 0 aromatic heterocycles. The summed E-state index contributed by atoms with van der Waals surface area (Å²) in [6.07, 6.45) is 6.75. The molecular formula is C16H25N3O3S. The summed E-state index contributed by atoms with van der Waals surface area (Å²) in [5.41, 5.74) is 0.601. The lowest BCUT2D eigenvalue weighted by Crippen LogP contribution is -2.45. The largest absolute Gasteiger partial charge is 0.336 e. The standard InChI is InChI=1S/C16H25N3O3S/c1-23(21,22)19(15-10-6-3-7-11-15)13-12-17-16(20)18-14-8-4-2-5-9-14/h3,6-7,10-11,14H,2,4-5,8-9,12-13H2,1H3,(H2,17,18,20). The molecule has 2 N–H and O–H groups in total. The Bertz CT molecular complexity index is 598. The van der Waals surface area contributed by atoms with Crippen molar-refractivity contribution in [3.8, 4) is 0 Å². The van der Waals surface area contributed by atoms with Crippen molar-refractivity contribution >= 4 is 21.7 Å². The zero-order valence-electron chi connectivity index (χ0n) is 13.5. The van der Waals surface area contributed by atoms with E-state index in [4.69, 9.17) is 0 Å². The Balaban J connectivity index is 1.83. The van der Waals surface area contributed by atoms with E-state index in [1.165, 1.54) is 17.0 Å². The normalized spacial score (nSPS) is 15.9. The van der Waals surface area contributed by atoms with Crippen molar-refractivity contribution in [2.45, 2.75) is 38.1 Å². The van der Waals surface area contributed by atoms with Crippen LogP contribution in [0.4, 0.5) is 10.5 Å². The second-order valence-corrected chi connectivity index (χ2v) is 7.81. The van der Waals surface area contributed by atoms with E-state index in [1.807, 2.05) is 6.07 Å². The van der Waals surface area contributed by atoms with Crippen LogP contribution in [0.5, 0.6) is 0 Å². The van der Waals surface area contributed by atoms with Crippen LogP contribution < -0.4 is 14.9 Å². The molecule has 128 valence electrons. The van der Waals surface area contributed by atoms with Crippen LogP contribution in [0.1, 0.15) is 32.1 Å². The highest BCUT2D eigenvalue weighted by atomic mass is 32.2. The van der Waals surface area contributed by atoms with Gasteiger partial charge in [-0.2, -0.15) is 0 Å². The first-order chi connectivity index (χ1) is 11.0. The highest BCUT2D eigenvalue weighted by Gasteiger charge is 2.18. The number of hydrogen-bond acceptors (Lipinski definition) is 3. The summed E-state index contributed by atoms with van der Waals surface area (Å²) in [5, 5.41) is 5.70. The van der Waals surface area contributed by atoms with E-state index in [-0.39, 0.29) is 25.2 Å². The van der Waals surface area contributed by atoms with E-state index in [9.17, 15) is 13.2 Å². The number of urea groups is 1. The maximum Gasteiger partial charge on any atom is 0.315 e. The molecule has 1 aromatic carbocycles. The number of sulfonamides is 1. The molecule has 0 saturated heterocycles. The Hall–Kier alpha value is -1.76. The van der Waals surface area contributed by atoms with Crippen molar-refractivity contribution in [2.24, 2.45) is 0 Å². The molecule has 0 heterocycles. The third-order valence-corrected chi connectivity index (χ3v) is 5.18. The van der Waals surface area contributed by atoms with Gasteiger partial charge in [-0.25, -0.2) is 13.2 Å².